The van der Waals surface area contributed by atoms with E-state index in [0.29, 0.717) is 28.6 Å². The molecule has 1 aliphatic heterocycles. The highest BCUT2D eigenvalue weighted by molar-refractivity contribution is 6.30. The molecule has 10 heteroatoms. The Morgan fingerprint density at radius 3 is 2.31 bits per heavy atom. The summed E-state index contributed by atoms with van der Waals surface area (Å²) in [5.41, 5.74) is 1.45. The maximum atomic E-state index is 12.6. The van der Waals surface area contributed by atoms with Crippen molar-refractivity contribution < 1.29 is 9.59 Å². The van der Waals surface area contributed by atoms with Gasteiger partial charge in [-0.15, -0.1) is 0 Å². The predicted molar refractivity (Wildman–Crippen MR) is 107 cm³/mol. The van der Waals surface area contributed by atoms with Crippen LogP contribution in [0.2, 0.25) is 5.02 Å². The number of hydrogen-bond acceptors (Lipinski definition) is 5. The lowest BCUT2D eigenvalue weighted by atomic mass is 10.1. The van der Waals surface area contributed by atoms with E-state index in [2.05, 4.69) is 15.7 Å². The first kappa shape index (κ1) is 18.9. The number of halogens is 1. The number of aromatic nitrogens is 4. The van der Waals surface area contributed by atoms with Crippen LogP contribution in [0.1, 0.15) is 6.42 Å². The van der Waals surface area contributed by atoms with Crippen LogP contribution in [0.3, 0.4) is 0 Å². The third-order valence-corrected chi connectivity index (χ3v) is 4.99. The molecule has 0 bridgehead atoms. The minimum absolute atomic E-state index is 0.107. The molecule has 0 unspecified atom stereocenters. The third-order valence-electron chi connectivity index (χ3n) is 4.74. The highest BCUT2D eigenvalue weighted by atomic mass is 35.5. The van der Waals surface area contributed by atoms with Crippen LogP contribution in [0.15, 0.2) is 53.3 Å². The van der Waals surface area contributed by atoms with Gasteiger partial charge in [0, 0.05) is 36.4 Å². The summed E-state index contributed by atoms with van der Waals surface area (Å²) in [6.45, 7) is 0.305. The second kappa shape index (κ2) is 7.51. The molecule has 3 aromatic rings. The number of hydrogen-bond donors (Lipinski definition) is 1. The zero-order valence-electron chi connectivity index (χ0n) is 15.4. The van der Waals surface area contributed by atoms with E-state index >= 15 is 0 Å². The summed E-state index contributed by atoms with van der Waals surface area (Å²) in [5.74, 6) is -0.801. The zero-order valence-corrected chi connectivity index (χ0v) is 16.2. The number of rotatable bonds is 4. The van der Waals surface area contributed by atoms with Crippen molar-refractivity contribution in [1.82, 2.24) is 19.8 Å². The number of carbonyl (C=O) groups excluding carboxylic acids is 2. The molecule has 4 rings (SSSR count). The molecule has 2 heterocycles. The molecule has 0 saturated carbocycles. The molecule has 0 spiro atoms. The van der Waals surface area contributed by atoms with Crippen LogP contribution in [0, 0.1) is 5.92 Å². The molecule has 1 saturated heterocycles. The molecule has 0 radical (unpaired) electrons. The van der Waals surface area contributed by atoms with Gasteiger partial charge in [0.15, 0.2) is 0 Å². The summed E-state index contributed by atoms with van der Waals surface area (Å²) in [4.78, 5) is 38.4. The van der Waals surface area contributed by atoms with Crippen molar-refractivity contribution in [2.75, 3.05) is 16.8 Å². The van der Waals surface area contributed by atoms with Crippen molar-refractivity contribution >= 4 is 34.8 Å². The van der Waals surface area contributed by atoms with Gasteiger partial charge in [0.1, 0.15) is 0 Å². The smallest absolute Gasteiger partial charge is 0.326 e. The van der Waals surface area contributed by atoms with E-state index in [1.165, 1.54) is 7.05 Å². The minimum atomic E-state index is -0.458. The Kier molecular flexibility index (Phi) is 4.89. The van der Waals surface area contributed by atoms with Gasteiger partial charge in [-0.3, -0.25) is 9.59 Å². The number of carbonyl (C=O) groups is 2. The van der Waals surface area contributed by atoms with E-state index in [-0.39, 0.29) is 23.9 Å². The van der Waals surface area contributed by atoms with Gasteiger partial charge in [-0.2, -0.15) is 9.36 Å². The molecular formula is C19H17ClN6O3. The maximum absolute atomic E-state index is 12.6. The van der Waals surface area contributed by atoms with Gasteiger partial charge in [-0.05, 0) is 59.0 Å². The highest BCUT2D eigenvalue weighted by Crippen LogP contribution is 2.27. The first-order chi connectivity index (χ1) is 13.9. The molecule has 1 aliphatic rings. The average Bonchev–Trinajstić information content (AvgIpc) is 3.26. The van der Waals surface area contributed by atoms with E-state index in [4.69, 9.17) is 11.6 Å². The van der Waals surface area contributed by atoms with Gasteiger partial charge in [0.25, 0.3) is 0 Å². The number of benzene rings is 2. The Bertz CT molecular complexity index is 1120. The fraction of sp³-hybridized carbons (Fsp3) is 0.211. The first-order valence-corrected chi connectivity index (χ1v) is 9.26. The van der Waals surface area contributed by atoms with Crippen LogP contribution < -0.4 is 15.9 Å². The van der Waals surface area contributed by atoms with E-state index in [1.807, 2.05) is 0 Å². The van der Waals surface area contributed by atoms with Crippen molar-refractivity contribution in [3.63, 3.8) is 0 Å². The summed E-state index contributed by atoms with van der Waals surface area (Å²) >= 11 is 5.89. The number of anilines is 2. The number of aryl methyl sites for hydroxylation is 1. The molecule has 0 aliphatic carbocycles. The van der Waals surface area contributed by atoms with E-state index in [0.717, 1.165) is 9.36 Å². The van der Waals surface area contributed by atoms with Crippen LogP contribution in [-0.2, 0) is 16.6 Å². The minimum Gasteiger partial charge on any atom is -0.326 e. The molecule has 29 heavy (non-hydrogen) atoms. The molecule has 1 N–H and O–H groups in total. The lowest BCUT2D eigenvalue weighted by Crippen LogP contribution is -2.28. The van der Waals surface area contributed by atoms with Crippen LogP contribution in [0.25, 0.3) is 5.69 Å². The van der Waals surface area contributed by atoms with Gasteiger partial charge >= 0.3 is 5.69 Å². The second-order valence-corrected chi connectivity index (χ2v) is 7.15. The van der Waals surface area contributed by atoms with Crippen LogP contribution in [0.4, 0.5) is 11.4 Å². The predicted octanol–water partition coefficient (Wildman–Crippen LogP) is 1.61. The zero-order chi connectivity index (χ0) is 20.5. The van der Waals surface area contributed by atoms with Crippen molar-refractivity contribution in [3.8, 4) is 5.69 Å². The Morgan fingerprint density at radius 2 is 1.69 bits per heavy atom. The third kappa shape index (κ3) is 3.77. The molecule has 148 valence electrons. The Hall–Kier alpha value is -3.46. The van der Waals surface area contributed by atoms with Gasteiger partial charge in [0.05, 0.1) is 11.6 Å². The van der Waals surface area contributed by atoms with Gasteiger partial charge in [-0.25, -0.2) is 4.79 Å². The Morgan fingerprint density at radius 1 is 1.03 bits per heavy atom. The normalized spacial score (nSPS) is 16.3. The summed E-state index contributed by atoms with van der Waals surface area (Å²) in [6, 6.07) is 13.6. The standard InChI is InChI=1S/C19H17ClN6O3/c1-24-19(29)26(23-22-24)16-8-4-14(5-9-16)21-18(28)12-10-17(27)25(11-12)15-6-2-13(20)3-7-15/h2-9,12H,10-11H2,1H3,(H,21,28)/t12-/m1/s1. The quantitative estimate of drug-likeness (QED) is 0.701. The molecule has 2 aromatic carbocycles. The second-order valence-electron chi connectivity index (χ2n) is 6.71. The summed E-state index contributed by atoms with van der Waals surface area (Å²) in [6.07, 6.45) is 0.140. The molecule has 9 nitrogen and oxygen atoms in total. The summed E-state index contributed by atoms with van der Waals surface area (Å²) < 4.78 is 2.28. The number of tetrazole rings is 1. The van der Waals surface area contributed by atoms with Crippen molar-refractivity contribution in [3.05, 3.63) is 64.0 Å². The van der Waals surface area contributed by atoms with E-state index in [9.17, 15) is 14.4 Å². The Balaban J connectivity index is 1.43. The average molecular weight is 413 g/mol. The van der Waals surface area contributed by atoms with Crippen LogP contribution >= 0.6 is 11.6 Å². The molecule has 2 amide bonds. The summed E-state index contributed by atoms with van der Waals surface area (Å²) in [5, 5.41) is 10.8. The lowest BCUT2D eigenvalue weighted by Gasteiger charge is -2.16. The molecule has 1 fully saturated rings. The lowest BCUT2D eigenvalue weighted by molar-refractivity contribution is -0.122. The maximum Gasteiger partial charge on any atom is 0.368 e. The molecule has 1 aromatic heterocycles. The summed E-state index contributed by atoms with van der Waals surface area (Å²) in [7, 11) is 1.51. The first-order valence-electron chi connectivity index (χ1n) is 8.88. The van der Waals surface area contributed by atoms with E-state index < -0.39 is 5.92 Å². The van der Waals surface area contributed by atoms with Crippen LogP contribution in [-0.4, -0.2) is 38.1 Å². The van der Waals surface area contributed by atoms with Gasteiger partial charge in [0.2, 0.25) is 11.8 Å². The van der Waals surface area contributed by atoms with Crippen molar-refractivity contribution in [2.45, 2.75) is 6.42 Å². The Labute approximate surface area is 170 Å². The monoisotopic (exact) mass is 412 g/mol. The highest BCUT2D eigenvalue weighted by Gasteiger charge is 2.35. The van der Waals surface area contributed by atoms with Crippen molar-refractivity contribution in [2.24, 2.45) is 13.0 Å². The SMILES string of the molecule is Cn1nnn(-c2ccc(NC(=O)[C@@H]3CC(=O)N(c4ccc(Cl)cc4)C3)cc2)c1=O. The molecular weight excluding hydrogens is 396 g/mol. The molecule has 1 atom stereocenters. The van der Waals surface area contributed by atoms with Crippen molar-refractivity contribution in [1.29, 1.82) is 0 Å². The number of nitrogens with one attached hydrogen (secondary N) is 1. The van der Waals surface area contributed by atoms with E-state index in [1.54, 1.807) is 53.4 Å². The largest absolute Gasteiger partial charge is 0.368 e. The van der Waals surface area contributed by atoms with Crippen LogP contribution in [0.5, 0.6) is 0 Å². The fourth-order valence-corrected chi connectivity index (χ4v) is 3.29. The fourth-order valence-electron chi connectivity index (χ4n) is 3.16. The topological polar surface area (TPSA) is 102 Å². The number of nitrogens with zero attached hydrogens (tertiary/aromatic N) is 5. The van der Waals surface area contributed by atoms with Gasteiger partial charge < -0.3 is 10.2 Å². The number of amides is 2. The van der Waals surface area contributed by atoms with Gasteiger partial charge in [-0.1, -0.05) is 11.6 Å².